The number of piperidine rings is 2. The summed E-state index contributed by atoms with van der Waals surface area (Å²) < 4.78 is 0. The minimum atomic E-state index is -0.156. The molecule has 1 aromatic carbocycles. The summed E-state index contributed by atoms with van der Waals surface area (Å²) in [5.74, 6) is 0. The Balaban J connectivity index is 1.20. The zero-order valence-corrected chi connectivity index (χ0v) is 18.8. The molecule has 0 spiro atoms. The number of carbonyl (C=O) groups is 1. The van der Waals surface area contributed by atoms with E-state index < -0.39 is 0 Å². The number of benzene rings is 1. The van der Waals surface area contributed by atoms with E-state index in [1.807, 2.05) is 30.6 Å². The Morgan fingerprint density at radius 3 is 2.48 bits per heavy atom. The number of hydrogen-bond acceptors (Lipinski definition) is 4. The van der Waals surface area contributed by atoms with E-state index in [-0.39, 0.29) is 12.1 Å². The average molecular weight is 442 g/mol. The Morgan fingerprint density at radius 2 is 1.77 bits per heavy atom. The first-order valence-electron chi connectivity index (χ1n) is 11.4. The van der Waals surface area contributed by atoms with Gasteiger partial charge in [-0.05, 0) is 74.4 Å². The summed E-state index contributed by atoms with van der Waals surface area (Å²) in [6, 6.07) is 10.0. The fraction of sp³-hybridized carbons (Fsp3) is 0.500. The molecule has 166 valence electrons. The first kappa shape index (κ1) is 21.9. The van der Waals surface area contributed by atoms with Gasteiger partial charge >= 0.3 is 6.03 Å². The summed E-state index contributed by atoms with van der Waals surface area (Å²) in [5, 5.41) is 6.76. The van der Waals surface area contributed by atoms with Crippen molar-refractivity contribution in [3.63, 3.8) is 0 Å². The predicted octanol–water partition coefficient (Wildman–Crippen LogP) is 4.55. The molecule has 2 aromatic rings. The van der Waals surface area contributed by atoms with E-state index in [0.29, 0.717) is 5.02 Å². The van der Waals surface area contributed by atoms with Crippen molar-refractivity contribution in [3.8, 4) is 0 Å². The molecule has 2 aliphatic heterocycles. The van der Waals surface area contributed by atoms with Gasteiger partial charge in [-0.2, -0.15) is 0 Å². The van der Waals surface area contributed by atoms with Crippen molar-refractivity contribution in [2.75, 3.05) is 42.9 Å². The maximum absolute atomic E-state index is 12.5. The van der Waals surface area contributed by atoms with Crippen molar-refractivity contribution in [2.24, 2.45) is 0 Å². The highest BCUT2D eigenvalue weighted by Gasteiger charge is 2.21. The van der Waals surface area contributed by atoms with Crippen LogP contribution in [0.2, 0.25) is 5.02 Å². The van der Waals surface area contributed by atoms with Crippen LogP contribution in [0.15, 0.2) is 42.7 Å². The zero-order valence-electron chi connectivity index (χ0n) is 18.0. The van der Waals surface area contributed by atoms with E-state index in [4.69, 9.17) is 11.6 Å². The lowest BCUT2D eigenvalue weighted by Gasteiger charge is -2.32. The SMILES string of the molecule is O=C(Nc1ccc(N2CCCCC2)c(Cl)c1)NC1CCN(CCc2ccncc2)CC1. The van der Waals surface area contributed by atoms with Crippen molar-refractivity contribution in [1.82, 2.24) is 15.2 Å². The molecule has 31 heavy (non-hydrogen) atoms. The molecule has 1 aromatic heterocycles. The first-order chi connectivity index (χ1) is 15.2. The van der Waals surface area contributed by atoms with Crippen LogP contribution in [0.3, 0.4) is 0 Å². The lowest BCUT2D eigenvalue weighted by molar-refractivity contribution is 0.197. The number of nitrogens with one attached hydrogen (secondary N) is 2. The van der Waals surface area contributed by atoms with E-state index in [9.17, 15) is 4.79 Å². The molecule has 0 aliphatic carbocycles. The maximum atomic E-state index is 12.5. The first-order valence-corrected chi connectivity index (χ1v) is 11.8. The Hall–Kier alpha value is -2.31. The molecule has 0 atom stereocenters. The maximum Gasteiger partial charge on any atom is 0.319 e. The van der Waals surface area contributed by atoms with Crippen LogP contribution in [0.4, 0.5) is 16.2 Å². The van der Waals surface area contributed by atoms with Crippen molar-refractivity contribution < 1.29 is 4.79 Å². The fourth-order valence-electron chi connectivity index (χ4n) is 4.47. The van der Waals surface area contributed by atoms with E-state index in [1.54, 1.807) is 0 Å². The largest absolute Gasteiger partial charge is 0.370 e. The second-order valence-corrected chi connectivity index (χ2v) is 8.94. The van der Waals surface area contributed by atoms with Gasteiger partial charge in [0, 0.05) is 56.8 Å². The van der Waals surface area contributed by atoms with Gasteiger partial charge in [0.05, 0.1) is 10.7 Å². The zero-order chi connectivity index (χ0) is 21.5. The topological polar surface area (TPSA) is 60.5 Å². The van der Waals surface area contributed by atoms with E-state index >= 15 is 0 Å². The van der Waals surface area contributed by atoms with Crippen LogP contribution in [0, 0.1) is 0 Å². The molecule has 2 amide bonds. The van der Waals surface area contributed by atoms with Crippen LogP contribution in [0.1, 0.15) is 37.7 Å². The average Bonchev–Trinajstić information content (AvgIpc) is 2.80. The number of hydrogen-bond donors (Lipinski definition) is 2. The number of likely N-dealkylation sites (tertiary alicyclic amines) is 1. The van der Waals surface area contributed by atoms with Crippen LogP contribution in [0.25, 0.3) is 0 Å². The normalized spacial score (nSPS) is 18.0. The van der Waals surface area contributed by atoms with E-state index in [2.05, 4.69) is 37.6 Å². The molecule has 2 aliphatic rings. The predicted molar refractivity (Wildman–Crippen MR) is 127 cm³/mol. The molecule has 2 fully saturated rings. The van der Waals surface area contributed by atoms with Gasteiger partial charge < -0.3 is 20.4 Å². The Kier molecular flexibility index (Phi) is 7.65. The number of nitrogens with zero attached hydrogens (tertiary/aromatic N) is 3. The van der Waals surface area contributed by atoms with Gasteiger partial charge in [-0.1, -0.05) is 11.6 Å². The fourth-order valence-corrected chi connectivity index (χ4v) is 4.77. The molecule has 6 nitrogen and oxygen atoms in total. The summed E-state index contributed by atoms with van der Waals surface area (Å²) in [5.41, 5.74) is 3.11. The molecule has 4 rings (SSSR count). The van der Waals surface area contributed by atoms with Gasteiger partial charge in [0.15, 0.2) is 0 Å². The minimum Gasteiger partial charge on any atom is -0.370 e. The number of urea groups is 1. The highest BCUT2D eigenvalue weighted by molar-refractivity contribution is 6.33. The Bertz CT molecular complexity index is 848. The van der Waals surface area contributed by atoms with E-state index in [0.717, 1.165) is 63.4 Å². The standard InChI is InChI=1S/C24H32ClN5O/c25-22-18-21(4-5-23(22)30-13-2-1-3-14-30)28-24(31)27-20-9-16-29(17-10-20)15-8-19-6-11-26-12-7-19/h4-7,11-12,18,20H,1-3,8-10,13-17H2,(H2,27,28,31). The smallest absolute Gasteiger partial charge is 0.319 e. The monoisotopic (exact) mass is 441 g/mol. The third-order valence-electron chi connectivity index (χ3n) is 6.29. The molecule has 0 radical (unpaired) electrons. The number of aromatic nitrogens is 1. The minimum absolute atomic E-state index is 0.156. The van der Waals surface area contributed by atoms with Gasteiger partial charge in [0.2, 0.25) is 0 Å². The molecular weight excluding hydrogens is 410 g/mol. The van der Waals surface area contributed by atoms with Crippen LogP contribution in [-0.2, 0) is 6.42 Å². The summed E-state index contributed by atoms with van der Waals surface area (Å²) >= 11 is 6.51. The van der Waals surface area contributed by atoms with Crippen molar-refractivity contribution in [3.05, 3.63) is 53.3 Å². The summed E-state index contributed by atoms with van der Waals surface area (Å²) in [4.78, 5) is 21.3. The van der Waals surface area contributed by atoms with Gasteiger partial charge in [-0.25, -0.2) is 4.79 Å². The Labute approximate surface area is 190 Å². The highest BCUT2D eigenvalue weighted by Crippen LogP contribution is 2.30. The number of pyridine rings is 1. The second-order valence-electron chi connectivity index (χ2n) is 8.53. The van der Waals surface area contributed by atoms with Gasteiger partial charge in [0.25, 0.3) is 0 Å². The molecule has 2 N–H and O–H groups in total. The molecule has 7 heteroatoms. The number of anilines is 2. The van der Waals surface area contributed by atoms with E-state index in [1.165, 1.54) is 24.8 Å². The third-order valence-corrected chi connectivity index (χ3v) is 6.59. The number of halogens is 1. The van der Waals surface area contributed by atoms with Crippen LogP contribution >= 0.6 is 11.6 Å². The lowest BCUT2D eigenvalue weighted by Crippen LogP contribution is -2.46. The lowest BCUT2D eigenvalue weighted by atomic mass is 10.0. The van der Waals surface area contributed by atoms with Crippen molar-refractivity contribution >= 4 is 29.0 Å². The number of rotatable bonds is 6. The van der Waals surface area contributed by atoms with Gasteiger partial charge in [-0.3, -0.25) is 4.98 Å². The van der Waals surface area contributed by atoms with Crippen molar-refractivity contribution in [1.29, 1.82) is 0 Å². The van der Waals surface area contributed by atoms with Gasteiger partial charge in [-0.15, -0.1) is 0 Å². The van der Waals surface area contributed by atoms with Crippen LogP contribution in [0.5, 0.6) is 0 Å². The van der Waals surface area contributed by atoms with Crippen LogP contribution < -0.4 is 15.5 Å². The molecule has 0 bridgehead atoms. The summed E-state index contributed by atoms with van der Waals surface area (Å²) in [6.07, 6.45) is 10.4. The molecular formula is C24H32ClN5O. The third kappa shape index (κ3) is 6.34. The number of amides is 2. The second kappa shape index (κ2) is 10.8. The number of carbonyl (C=O) groups excluding carboxylic acids is 1. The summed E-state index contributed by atoms with van der Waals surface area (Å²) in [6.45, 7) is 5.16. The van der Waals surface area contributed by atoms with Crippen molar-refractivity contribution in [2.45, 2.75) is 44.6 Å². The Morgan fingerprint density at radius 1 is 1.03 bits per heavy atom. The van der Waals surface area contributed by atoms with Gasteiger partial charge in [0.1, 0.15) is 0 Å². The van der Waals surface area contributed by atoms with Crippen LogP contribution in [-0.4, -0.2) is 54.7 Å². The quantitative estimate of drug-likeness (QED) is 0.690. The molecule has 2 saturated heterocycles. The molecule has 0 unspecified atom stereocenters. The molecule has 0 saturated carbocycles. The molecule has 3 heterocycles. The summed E-state index contributed by atoms with van der Waals surface area (Å²) in [7, 11) is 0. The highest BCUT2D eigenvalue weighted by atomic mass is 35.5.